The molecule has 0 spiro atoms. The van der Waals surface area contributed by atoms with Crippen LogP contribution in [-0.2, 0) is 4.79 Å². The topological polar surface area (TPSA) is 70.2 Å². The zero-order chi connectivity index (χ0) is 17.4. The molecule has 0 aliphatic rings. The van der Waals surface area contributed by atoms with E-state index in [1.807, 2.05) is 43.3 Å². The van der Waals surface area contributed by atoms with E-state index < -0.39 is 0 Å². The third-order valence-electron chi connectivity index (χ3n) is 3.42. The van der Waals surface area contributed by atoms with Crippen LogP contribution < -0.4 is 16.0 Å². The summed E-state index contributed by atoms with van der Waals surface area (Å²) >= 11 is 6.11. The van der Waals surface area contributed by atoms with Crippen LogP contribution in [0.1, 0.15) is 24.9 Å². The fourth-order valence-corrected chi connectivity index (χ4v) is 2.50. The van der Waals surface area contributed by atoms with Crippen molar-refractivity contribution in [3.8, 4) is 0 Å². The zero-order valence-electron chi connectivity index (χ0n) is 13.4. The highest BCUT2D eigenvalue weighted by Gasteiger charge is 2.12. The van der Waals surface area contributed by atoms with Gasteiger partial charge in [0.05, 0.1) is 6.04 Å². The maximum atomic E-state index is 12.0. The molecule has 3 N–H and O–H groups in total. The van der Waals surface area contributed by atoms with Gasteiger partial charge in [0, 0.05) is 23.7 Å². The molecule has 1 atom stereocenters. The molecule has 6 heteroatoms. The van der Waals surface area contributed by atoms with Crippen LogP contribution in [0.15, 0.2) is 54.6 Å². The Hall–Kier alpha value is -2.53. The van der Waals surface area contributed by atoms with E-state index >= 15 is 0 Å². The molecule has 2 aromatic rings. The predicted molar refractivity (Wildman–Crippen MR) is 96.1 cm³/mol. The molecule has 24 heavy (non-hydrogen) atoms. The van der Waals surface area contributed by atoms with Crippen molar-refractivity contribution in [2.75, 3.05) is 11.9 Å². The molecule has 126 valence electrons. The molecule has 5 nitrogen and oxygen atoms in total. The minimum absolute atomic E-state index is 0.151. The lowest BCUT2D eigenvalue weighted by molar-refractivity contribution is -0.121. The summed E-state index contributed by atoms with van der Waals surface area (Å²) in [7, 11) is 0. The Kier molecular flexibility index (Phi) is 6.63. The highest BCUT2D eigenvalue weighted by Crippen LogP contribution is 2.21. The van der Waals surface area contributed by atoms with Crippen LogP contribution in [-0.4, -0.2) is 18.5 Å². The van der Waals surface area contributed by atoms with Crippen molar-refractivity contribution in [3.63, 3.8) is 0 Å². The van der Waals surface area contributed by atoms with E-state index in [1.165, 1.54) is 0 Å². The Morgan fingerprint density at radius 3 is 2.42 bits per heavy atom. The summed E-state index contributed by atoms with van der Waals surface area (Å²) in [5, 5.41) is 8.82. The number of rotatable bonds is 6. The number of anilines is 1. The van der Waals surface area contributed by atoms with Gasteiger partial charge in [0.25, 0.3) is 0 Å². The van der Waals surface area contributed by atoms with Crippen molar-refractivity contribution in [2.45, 2.75) is 19.4 Å². The van der Waals surface area contributed by atoms with E-state index in [1.54, 1.807) is 18.2 Å². The van der Waals surface area contributed by atoms with Crippen molar-refractivity contribution in [3.05, 3.63) is 65.2 Å². The van der Waals surface area contributed by atoms with Gasteiger partial charge >= 0.3 is 6.03 Å². The number of halogens is 1. The molecule has 0 heterocycles. The lowest BCUT2D eigenvalue weighted by Crippen LogP contribution is -2.34. The number of hydrogen-bond donors (Lipinski definition) is 3. The predicted octanol–water partition coefficient (Wildman–Crippen LogP) is 3.73. The Bertz CT molecular complexity index is 692. The molecule has 0 saturated carbocycles. The third kappa shape index (κ3) is 5.59. The van der Waals surface area contributed by atoms with Gasteiger partial charge in [0.1, 0.15) is 0 Å². The molecule has 0 aromatic heterocycles. The molecule has 0 aliphatic carbocycles. The van der Waals surface area contributed by atoms with Crippen molar-refractivity contribution in [1.29, 1.82) is 0 Å². The first-order valence-electron chi connectivity index (χ1n) is 7.70. The van der Waals surface area contributed by atoms with Crippen molar-refractivity contribution >= 4 is 29.2 Å². The summed E-state index contributed by atoms with van der Waals surface area (Å²) < 4.78 is 0. The number of carbonyl (C=O) groups excluding carboxylic acids is 2. The number of para-hydroxylation sites is 1. The second kappa shape index (κ2) is 8.93. The van der Waals surface area contributed by atoms with Gasteiger partial charge in [-0.25, -0.2) is 4.79 Å². The Balaban J connectivity index is 1.71. The Morgan fingerprint density at radius 1 is 1.04 bits per heavy atom. The van der Waals surface area contributed by atoms with Gasteiger partial charge in [0.2, 0.25) is 5.91 Å². The molecule has 2 rings (SSSR count). The summed E-state index contributed by atoms with van der Waals surface area (Å²) in [4.78, 5) is 23.7. The molecule has 0 fully saturated rings. The molecule has 0 aliphatic heterocycles. The number of benzene rings is 2. The minimum Gasteiger partial charge on any atom is -0.349 e. The van der Waals surface area contributed by atoms with Crippen LogP contribution in [0.2, 0.25) is 5.02 Å². The molecule has 1 unspecified atom stereocenters. The first-order valence-corrected chi connectivity index (χ1v) is 8.08. The van der Waals surface area contributed by atoms with Gasteiger partial charge in [-0.3, -0.25) is 4.79 Å². The van der Waals surface area contributed by atoms with Crippen LogP contribution in [0, 0.1) is 0 Å². The van der Waals surface area contributed by atoms with Crippen LogP contribution in [0.25, 0.3) is 0 Å². The number of amides is 3. The SMILES string of the molecule is CC(NC(=O)CCNC(=O)Nc1ccccc1)c1ccccc1Cl. The quantitative estimate of drug-likeness (QED) is 0.746. The van der Waals surface area contributed by atoms with Gasteiger partial charge < -0.3 is 16.0 Å². The van der Waals surface area contributed by atoms with Crippen molar-refractivity contribution < 1.29 is 9.59 Å². The first-order chi connectivity index (χ1) is 11.6. The van der Waals surface area contributed by atoms with Crippen LogP contribution in [0.3, 0.4) is 0 Å². The molecular weight excluding hydrogens is 326 g/mol. The fraction of sp³-hybridized carbons (Fsp3) is 0.222. The highest BCUT2D eigenvalue weighted by atomic mass is 35.5. The average Bonchev–Trinajstić information content (AvgIpc) is 2.56. The van der Waals surface area contributed by atoms with Crippen molar-refractivity contribution in [1.82, 2.24) is 10.6 Å². The van der Waals surface area contributed by atoms with Crippen LogP contribution in [0.5, 0.6) is 0 Å². The highest BCUT2D eigenvalue weighted by molar-refractivity contribution is 6.31. The smallest absolute Gasteiger partial charge is 0.319 e. The van der Waals surface area contributed by atoms with E-state index in [9.17, 15) is 9.59 Å². The maximum absolute atomic E-state index is 12.0. The third-order valence-corrected chi connectivity index (χ3v) is 3.76. The van der Waals surface area contributed by atoms with E-state index in [4.69, 9.17) is 11.6 Å². The monoisotopic (exact) mass is 345 g/mol. The standard InChI is InChI=1S/C18H20ClN3O2/c1-13(15-9-5-6-10-16(15)19)21-17(23)11-12-20-18(24)22-14-7-3-2-4-8-14/h2-10,13H,11-12H2,1H3,(H,21,23)(H2,20,22,24). The minimum atomic E-state index is -0.340. The lowest BCUT2D eigenvalue weighted by atomic mass is 10.1. The maximum Gasteiger partial charge on any atom is 0.319 e. The molecule has 0 bridgehead atoms. The number of carbonyl (C=O) groups is 2. The molecular formula is C18H20ClN3O2. The van der Waals surface area contributed by atoms with Gasteiger partial charge in [-0.05, 0) is 30.7 Å². The van der Waals surface area contributed by atoms with E-state index in [0.717, 1.165) is 5.56 Å². The summed E-state index contributed by atoms with van der Waals surface area (Å²) in [5.74, 6) is -0.151. The van der Waals surface area contributed by atoms with E-state index in [2.05, 4.69) is 16.0 Å². The number of hydrogen-bond acceptors (Lipinski definition) is 2. The lowest BCUT2D eigenvalue weighted by Gasteiger charge is -2.16. The second-order valence-electron chi connectivity index (χ2n) is 5.31. The van der Waals surface area contributed by atoms with Gasteiger partial charge in [0.15, 0.2) is 0 Å². The first kappa shape index (κ1) is 17.8. The summed E-state index contributed by atoms with van der Waals surface area (Å²) in [5.41, 5.74) is 1.56. The largest absolute Gasteiger partial charge is 0.349 e. The van der Waals surface area contributed by atoms with Crippen LogP contribution >= 0.6 is 11.6 Å². The van der Waals surface area contributed by atoms with Crippen molar-refractivity contribution in [2.24, 2.45) is 0 Å². The summed E-state index contributed by atoms with van der Waals surface area (Å²) in [6, 6.07) is 16.0. The molecule has 0 radical (unpaired) electrons. The van der Waals surface area contributed by atoms with E-state index in [-0.39, 0.29) is 30.9 Å². The van der Waals surface area contributed by atoms with Crippen LogP contribution in [0.4, 0.5) is 10.5 Å². The fourth-order valence-electron chi connectivity index (χ4n) is 2.20. The average molecular weight is 346 g/mol. The van der Waals surface area contributed by atoms with E-state index in [0.29, 0.717) is 10.7 Å². The van der Waals surface area contributed by atoms with Gasteiger partial charge in [-0.2, -0.15) is 0 Å². The molecule has 3 amide bonds. The normalized spacial score (nSPS) is 11.4. The Labute approximate surface area is 146 Å². The second-order valence-corrected chi connectivity index (χ2v) is 5.71. The molecule has 2 aromatic carbocycles. The van der Waals surface area contributed by atoms with Gasteiger partial charge in [-0.1, -0.05) is 48.0 Å². The summed E-state index contributed by atoms with van der Waals surface area (Å²) in [6.07, 6.45) is 0.191. The number of nitrogens with one attached hydrogen (secondary N) is 3. The Morgan fingerprint density at radius 2 is 1.71 bits per heavy atom. The summed E-state index contributed by atoms with van der Waals surface area (Å²) in [6.45, 7) is 2.12. The zero-order valence-corrected chi connectivity index (χ0v) is 14.1. The van der Waals surface area contributed by atoms with Gasteiger partial charge in [-0.15, -0.1) is 0 Å². The molecule has 0 saturated heterocycles. The number of urea groups is 1.